The van der Waals surface area contributed by atoms with Crippen LogP contribution in [-0.2, 0) is 4.74 Å². The second kappa shape index (κ2) is 6.81. The minimum Gasteiger partial charge on any atom is -0.370 e. The zero-order valence-corrected chi connectivity index (χ0v) is 14.3. The number of benzene rings is 2. The van der Waals surface area contributed by atoms with Crippen LogP contribution in [0.5, 0.6) is 0 Å². The van der Waals surface area contributed by atoms with Crippen molar-refractivity contribution < 1.29 is 13.9 Å². The lowest BCUT2D eigenvalue weighted by molar-refractivity contribution is -0.0228. The molecular weight excluding hydrogens is 361 g/mol. The normalized spacial score (nSPS) is 18.0. The lowest BCUT2D eigenvalue weighted by Gasteiger charge is -2.33. The van der Waals surface area contributed by atoms with Crippen molar-refractivity contribution >= 4 is 21.8 Å². The molecule has 0 bridgehead atoms. The summed E-state index contributed by atoms with van der Waals surface area (Å²) >= 11 is 3.41. The summed E-state index contributed by atoms with van der Waals surface area (Å²) in [5.74, 6) is -0.270. The molecule has 3 rings (SSSR count). The van der Waals surface area contributed by atoms with Crippen molar-refractivity contribution in [3.8, 4) is 0 Å². The van der Waals surface area contributed by atoms with Gasteiger partial charge in [0.15, 0.2) is 0 Å². The average Bonchev–Trinajstić information content (AvgIpc) is 2.55. The van der Waals surface area contributed by atoms with E-state index in [1.807, 2.05) is 25.1 Å². The Bertz CT molecular complexity index is 717. The molecule has 5 heteroatoms. The molecule has 23 heavy (non-hydrogen) atoms. The van der Waals surface area contributed by atoms with E-state index in [0.29, 0.717) is 25.3 Å². The second-order valence-corrected chi connectivity index (χ2v) is 6.54. The van der Waals surface area contributed by atoms with E-state index >= 15 is 0 Å². The molecule has 0 aromatic heterocycles. The molecule has 1 aliphatic heterocycles. The number of hydrogen-bond acceptors (Lipinski definition) is 2. The molecular formula is C18H17BrFNO2. The van der Waals surface area contributed by atoms with E-state index in [1.54, 1.807) is 17.0 Å². The molecule has 0 spiro atoms. The van der Waals surface area contributed by atoms with Gasteiger partial charge in [0.05, 0.1) is 13.2 Å². The number of nitrogens with zero attached hydrogens (tertiary/aromatic N) is 1. The van der Waals surface area contributed by atoms with Gasteiger partial charge in [-0.3, -0.25) is 4.79 Å². The second-order valence-electron chi connectivity index (χ2n) is 5.62. The molecule has 3 nitrogen and oxygen atoms in total. The van der Waals surface area contributed by atoms with Crippen molar-refractivity contribution in [1.29, 1.82) is 0 Å². The van der Waals surface area contributed by atoms with Crippen LogP contribution < -0.4 is 0 Å². The van der Waals surface area contributed by atoms with Gasteiger partial charge in [0, 0.05) is 16.6 Å². The Morgan fingerprint density at radius 1 is 1.26 bits per heavy atom. The molecule has 1 saturated heterocycles. The summed E-state index contributed by atoms with van der Waals surface area (Å²) in [4.78, 5) is 14.6. The fourth-order valence-electron chi connectivity index (χ4n) is 2.75. The number of hydrogen-bond donors (Lipinski definition) is 0. The highest BCUT2D eigenvalue weighted by Crippen LogP contribution is 2.25. The summed E-state index contributed by atoms with van der Waals surface area (Å²) in [7, 11) is 0. The van der Waals surface area contributed by atoms with E-state index in [9.17, 15) is 9.18 Å². The molecule has 1 aliphatic rings. The Morgan fingerprint density at radius 3 is 2.70 bits per heavy atom. The number of morpholine rings is 1. The third-order valence-electron chi connectivity index (χ3n) is 4.01. The number of carbonyl (C=O) groups excluding carboxylic acids is 1. The zero-order valence-electron chi connectivity index (χ0n) is 12.8. The van der Waals surface area contributed by atoms with Gasteiger partial charge in [-0.2, -0.15) is 0 Å². The largest absolute Gasteiger partial charge is 0.370 e. The number of rotatable bonds is 2. The van der Waals surface area contributed by atoms with Crippen molar-refractivity contribution in [2.45, 2.75) is 13.0 Å². The molecule has 0 aliphatic carbocycles. The maximum Gasteiger partial charge on any atom is 0.254 e. The predicted molar refractivity (Wildman–Crippen MR) is 89.9 cm³/mol. The summed E-state index contributed by atoms with van der Waals surface area (Å²) in [5.41, 5.74) is 2.53. The monoisotopic (exact) mass is 377 g/mol. The third-order valence-corrected chi connectivity index (χ3v) is 4.51. The van der Waals surface area contributed by atoms with Crippen LogP contribution >= 0.6 is 15.9 Å². The predicted octanol–water partition coefficient (Wildman–Crippen LogP) is 4.11. The minimum atomic E-state index is -0.275. The highest BCUT2D eigenvalue weighted by Gasteiger charge is 2.26. The van der Waals surface area contributed by atoms with Gasteiger partial charge >= 0.3 is 0 Å². The van der Waals surface area contributed by atoms with Crippen molar-refractivity contribution in [1.82, 2.24) is 4.90 Å². The quantitative estimate of drug-likeness (QED) is 0.787. The molecule has 1 atom stereocenters. The van der Waals surface area contributed by atoms with Crippen LogP contribution in [0.2, 0.25) is 0 Å². The number of amides is 1. The number of ether oxygens (including phenoxy) is 1. The van der Waals surface area contributed by atoms with Crippen molar-refractivity contribution in [2.75, 3.05) is 19.7 Å². The van der Waals surface area contributed by atoms with E-state index in [1.165, 1.54) is 12.1 Å². The summed E-state index contributed by atoms with van der Waals surface area (Å²) < 4.78 is 19.7. The SMILES string of the molecule is Cc1cc(Br)ccc1C(=O)N1CCOC(c2ccc(F)cc2)C1. The molecule has 1 fully saturated rings. The van der Waals surface area contributed by atoms with Crippen molar-refractivity contribution in [3.63, 3.8) is 0 Å². The van der Waals surface area contributed by atoms with E-state index in [4.69, 9.17) is 4.74 Å². The first-order valence-corrected chi connectivity index (χ1v) is 8.26. The Balaban J connectivity index is 1.77. The maximum absolute atomic E-state index is 13.0. The van der Waals surface area contributed by atoms with Crippen LogP contribution in [0.1, 0.15) is 27.6 Å². The molecule has 0 radical (unpaired) electrons. The summed E-state index contributed by atoms with van der Waals surface area (Å²) in [5, 5.41) is 0. The van der Waals surface area contributed by atoms with E-state index in [-0.39, 0.29) is 17.8 Å². The smallest absolute Gasteiger partial charge is 0.254 e. The first kappa shape index (κ1) is 16.1. The van der Waals surface area contributed by atoms with Gasteiger partial charge < -0.3 is 9.64 Å². The lowest BCUT2D eigenvalue weighted by Crippen LogP contribution is -2.42. The molecule has 2 aromatic carbocycles. The van der Waals surface area contributed by atoms with Gasteiger partial charge in [-0.25, -0.2) is 4.39 Å². The van der Waals surface area contributed by atoms with Crippen LogP contribution in [0, 0.1) is 12.7 Å². The molecule has 0 saturated carbocycles. The fourth-order valence-corrected chi connectivity index (χ4v) is 3.23. The van der Waals surface area contributed by atoms with Crippen LogP contribution in [0.15, 0.2) is 46.9 Å². The summed E-state index contributed by atoms with van der Waals surface area (Å²) in [6.45, 7) is 3.44. The maximum atomic E-state index is 13.0. The molecule has 1 heterocycles. The van der Waals surface area contributed by atoms with Crippen molar-refractivity contribution in [3.05, 3.63) is 69.4 Å². The highest BCUT2D eigenvalue weighted by atomic mass is 79.9. The van der Waals surface area contributed by atoms with Crippen LogP contribution in [0.25, 0.3) is 0 Å². The number of halogens is 2. The van der Waals surface area contributed by atoms with Gasteiger partial charge in [-0.1, -0.05) is 28.1 Å². The lowest BCUT2D eigenvalue weighted by atomic mass is 10.0. The molecule has 2 aromatic rings. The molecule has 0 N–H and O–H groups in total. The Labute approximate surface area is 143 Å². The van der Waals surface area contributed by atoms with Crippen LogP contribution in [-0.4, -0.2) is 30.5 Å². The van der Waals surface area contributed by atoms with Gasteiger partial charge in [-0.05, 0) is 48.4 Å². The first-order valence-electron chi connectivity index (χ1n) is 7.47. The van der Waals surface area contributed by atoms with E-state index in [2.05, 4.69) is 15.9 Å². The molecule has 1 amide bonds. The van der Waals surface area contributed by atoms with E-state index in [0.717, 1.165) is 15.6 Å². The molecule has 1 unspecified atom stereocenters. The Kier molecular flexibility index (Phi) is 4.78. The van der Waals surface area contributed by atoms with Crippen molar-refractivity contribution in [2.24, 2.45) is 0 Å². The number of aryl methyl sites for hydroxylation is 1. The van der Waals surface area contributed by atoms with Gasteiger partial charge in [0.25, 0.3) is 5.91 Å². The highest BCUT2D eigenvalue weighted by molar-refractivity contribution is 9.10. The topological polar surface area (TPSA) is 29.5 Å². The average molecular weight is 378 g/mol. The molecule has 120 valence electrons. The Hall–Kier alpha value is -1.72. The fraction of sp³-hybridized carbons (Fsp3) is 0.278. The van der Waals surface area contributed by atoms with Gasteiger partial charge in [0.1, 0.15) is 11.9 Å². The van der Waals surface area contributed by atoms with Crippen LogP contribution in [0.4, 0.5) is 4.39 Å². The number of carbonyl (C=O) groups is 1. The minimum absolute atomic E-state index is 0.00501. The summed E-state index contributed by atoms with van der Waals surface area (Å²) in [6, 6.07) is 11.9. The Morgan fingerprint density at radius 2 is 2.00 bits per heavy atom. The van der Waals surface area contributed by atoms with Crippen LogP contribution in [0.3, 0.4) is 0 Å². The zero-order chi connectivity index (χ0) is 16.4. The standard InChI is InChI=1S/C18H17BrFNO2/c1-12-10-14(19)4-7-16(12)18(22)21-8-9-23-17(11-21)13-2-5-15(20)6-3-13/h2-7,10,17H,8-9,11H2,1H3. The van der Waals surface area contributed by atoms with Gasteiger partial charge in [0.2, 0.25) is 0 Å². The van der Waals surface area contributed by atoms with Gasteiger partial charge in [-0.15, -0.1) is 0 Å². The van der Waals surface area contributed by atoms with E-state index < -0.39 is 0 Å². The third kappa shape index (κ3) is 3.62. The summed E-state index contributed by atoms with van der Waals surface area (Å²) in [6.07, 6.45) is -0.218. The first-order chi connectivity index (χ1) is 11.0.